The van der Waals surface area contributed by atoms with E-state index in [-0.39, 0.29) is 12.1 Å². The van der Waals surface area contributed by atoms with Crippen molar-refractivity contribution in [3.8, 4) is 0 Å². The highest BCUT2D eigenvalue weighted by Crippen LogP contribution is 2.10. The van der Waals surface area contributed by atoms with Gasteiger partial charge >= 0.3 is 5.97 Å². The molecule has 22 heavy (non-hydrogen) atoms. The van der Waals surface area contributed by atoms with Crippen LogP contribution in [0.4, 0.5) is 0 Å². The number of thiocarbonyl (C=S) groups is 1. The molecule has 118 valence electrons. The van der Waals surface area contributed by atoms with Gasteiger partial charge in [-0.1, -0.05) is 12.1 Å². The molecule has 2 rings (SSSR count). The van der Waals surface area contributed by atoms with E-state index in [4.69, 9.17) is 17.0 Å². The first kappa shape index (κ1) is 16.4. The first-order valence-corrected chi connectivity index (χ1v) is 7.47. The molecule has 1 aliphatic heterocycles. The van der Waals surface area contributed by atoms with Crippen LogP contribution in [0.1, 0.15) is 28.8 Å². The molecule has 0 aliphatic carbocycles. The summed E-state index contributed by atoms with van der Waals surface area (Å²) in [6.45, 7) is 1.52. The van der Waals surface area contributed by atoms with Gasteiger partial charge in [-0.15, -0.1) is 0 Å². The molecule has 0 unspecified atom stereocenters. The predicted molar refractivity (Wildman–Crippen MR) is 88.1 cm³/mol. The molecule has 1 aliphatic rings. The molecule has 1 aromatic carbocycles. The Labute approximate surface area is 134 Å². The molecule has 1 aromatic rings. The summed E-state index contributed by atoms with van der Waals surface area (Å²) in [7, 11) is 1.35. The van der Waals surface area contributed by atoms with E-state index < -0.39 is 0 Å². The zero-order valence-electron chi connectivity index (χ0n) is 12.4. The van der Waals surface area contributed by atoms with E-state index in [1.165, 1.54) is 7.11 Å². The Morgan fingerprint density at radius 3 is 2.91 bits per heavy atom. The van der Waals surface area contributed by atoms with Crippen molar-refractivity contribution in [2.75, 3.05) is 20.3 Å². The van der Waals surface area contributed by atoms with Crippen LogP contribution in [0.3, 0.4) is 0 Å². The van der Waals surface area contributed by atoms with Crippen molar-refractivity contribution in [3.05, 3.63) is 35.4 Å². The summed E-state index contributed by atoms with van der Waals surface area (Å²) in [6, 6.07) is 6.92. The number of rotatable bonds is 5. The summed E-state index contributed by atoms with van der Waals surface area (Å²) in [6.07, 6.45) is 4.02. The Morgan fingerprint density at radius 1 is 1.50 bits per heavy atom. The fourth-order valence-corrected chi connectivity index (χ4v) is 2.18. The lowest BCUT2D eigenvalue weighted by molar-refractivity contribution is 0.0600. The van der Waals surface area contributed by atoms with Gasteiger partial charge in [0, 0.05) is 13.2 Å². The normalized spacial score (nSPS) is 17.4. The van der Waals surface area contributed by atoms with E-state index in [0.29, 0.717) is 17.2 Å². The number of benzene rings is 1. The zero-order valence-corrected chi connectivity index (χ0v) is 13.2. The summed E-state index contributed by atoms with van der Waals surface area (Å²) in [5.74, 6) is -0.360. The van der Waals surface area contributed by atoms with Crippen molar-refractivity contribution in [1.82, 2.24) is 10.7 Å². The van der Waals surface area contributed by atoms with Gasteiger partial charge in [0.2, 0.25) is 0 Å². The topological polar surface area (TPSA) is 72.0 Å². The fraction of sp³-hybridized carbons (Fsp3) is 0.400. The molecule has 0 spiro atoms. The Kier molecular flexibility index (Phi) is 6.29. The number of esters is 1. The summed E-state index contributed by atoms with van der Waals surface area (Å²) in [5, 5.41) is 7.57. The quantitative estimate of drug-likeness (QED) is 0.370. The van der Waals surface area contributed by atoms with Gasteiger partial charge in [-0.05, 0) is 42.8 Å². The van der Waals surface area contributed by atoms with E-state index in [2.05, 4.69) is 20.6 Å². The Morgan fingerprint density at radius 2 is 2.27 bits per heavy atom. The molecule has 0 radical (unpaired) electrons. The van der Waals surface area contributed by atoms with Gasteiger partial charge in [0.25, 0.3) is 0 Å². The number of hydrazone groups is 1. The second-order valence-electron chi connectivity index (χ2n) is 4.83. The molecule has 2 N–H and O–H groups in total. The number of nitrogens with one attached hydrogen (secondary N) is 2. The van der Waals surface area contributed by atoms with Gasteiger partial charge in [-0.25, -0.2) is 4.79 Å². The summed E-state index contributed by atoms with van der Waals surface area (Å²) >= 11 is 5.12. The lowest BCUT2D eigenvalue weighted by atomic mass is 10.1. The minimum atomic E-state index is -0.360. The monoisotopic (exact) mass is 321 g/mol. The van der Waals surface area contributed by atoms with Gasteiger partial charge in [-0.2, -0.15) is 5.10 Å². The number of ether oxygens (including phenoxy) is 2. The van der Waals surface area contributed by atoms with Gasteiger partial charge in [0.05, 0.1) is 25.0 Å². The maximum Gasteiger partial charge on any atom is 0.337 e. The molecule has 6 nitrogen and oxygen atoms in total. The van der Waals surface area contributed by atoms with Crippen molar-refractivity contribution in [3.63, 3.8) is 0 Å². The molecule has 1 fully saturated rings. The summed E-state index contributed by atoms with van der Waals surface area (Å²) in [4.78, 5) is 11.3. The number of nitrogens with zero attached hydrogens (tertiary/aromatic N) is 1. The molecule has 7 heteroatoms. The van der Waals surface area contributed by atoms with Crippen LogP contribution in [-0.4, -0.2) is 43.7 Å². The molecule has 1 atom stereocenters. The lowest BCUT2D eigenvalue weighted by Crippen LogP contribution is -2.37. The number of hydrogen-bond donors (Lipinski definition) is 2. The third kappa shape index (κ3) is 5.09. The van der Waals surface area contributed by atoms with Crippen LogP contribution >= 0.6 is 12.2 Å². The molecule has 0 bridgehead atoms. The highest BCUT2D eigenvalue weighted by atomic mass is 32.1. The smallest absolute Gasteiger partial charge is 0.337 e. The van der Waals surface area contributed by atoms with Crippen LogP contribution < -0.4 is 10.7 Å². The van der Waals surface area contributed by atoms with E-state index in [0.717, 1.165) is 25.0 Å². The molecule has 0 saturated carbocycles. The molecular weight excluding hydrogens is 302 g/mol. The largest absolute Gasteiger partial charge is 0.465 e. The van der Waals surface area contributed by atoms with Crippen molar-refractivity contribution in [1.29, 1.82) is 0 Å². The minimum absolute atomic E-state index is 0.231. The van der Waals surface area contributed by atoms with Crippen molar-refractivity contribution in [2.24, 2.45) is 5.10 Å². The number of hydrogen-bond acceptors (Lipinski definition) is 5. The lowest BCUT2D eigenvalue weighted by Gasteiger charge is -2.11. The second-order valence-corrected chi connectivity index (χ2v) is 5.24. The average Bonchev–Trinajstić information content (AvgIpc) is 3.06. The van der Waals surface area contributed by atoms with Crippen LogP contribution in [0, 0.1) is 0 Å². The summed E-state index contributed by atoms with van der Waals surface area (Å²) < 4.78 is 10.1. The zero-order chi connectivity index (χ0) is 15.8. The fourth-order valence-electron chi connectivity index (χ4n) is 2.04. The van der Waals surface area contributed by atoms with Gasteiger partial charge in [0.1, 0.15) is 0 Å². The molecular formula is C15H19N3O3S. The number of methoxy groups -OCH3 is 1. The van der Waals surface area contributed by atoms with Crippen LogP contribution in [0.25, 0.3) is 0 Å². The average molecular weight is 321 g/mol. The summed E-state index contributed by atoms with van der Waals surface area (Å²) in [5.41, 5.74) is 4.10. The Balaban J connectivity index is 1.74. The number of carbonyl (C=O) groups excluding carboxylic acids is 1. The van der Waals surface area contributed by atoms with Crippen molar-refractivity contribution in [2.45, 2.75) is 18.9 Å². The Bertz CT molecular complexity index is 539. The maximum atomic E-state index is 11.3. The highest BCUT2D eigenvalue weighted by Gasteiger charge is 2.14. The molecule has 1 heterocycles. The van der Waals surface area contributed by atoms with E-state index >= 15 is 0 Å². The van der Waals surface area contributed by atoms with E-state index in [1.54, 1.807) is 30.5 Å². The first-order valence-electron chi connectivity index (χ1n) is 7.06. The maximum absolute atomic E-state index is 11.3. The third-order valence-corrected chi connectivity index (χ3v) is 3.46. The molecule has 0 aromatic heterocycles. The van der Waals surface area contributed by atoms with Crippen molar-refractivity contribution >= 4 is 29.5 Å². The van der Waals surface area contributed by atoms with Gasteiger partial charge < -0.3 is 14.8 Å². The van der Waals surface area contributed by atoms with Gasteiger partial charge in [0.15, 0.2) is 5.11 Å². The second kappa shape index (κ2) is 8.45. The third-order valence-electron chi connectivity index (χ3n) is 3.23. The van der Waals surface area contributed by atoms with Crippen LogP contribution in [0.15, 0.2) is 29.4 Å². The predicted octanol–water partition coefficient (Wildman–Crippen LogP) is 1.45. The van der Waals surface area contributed by atoms with E-state index in [1.807, 2.05) is 0 Å². The standard InChI is InChI=1S/C15H19N3O3S/c1-20-14(19)12-6-4-11(5-7-12)9-17-18-15(22)16-10-13-3-2-8-21-13/h4-7,9,13H,2-3,8,10H2,1H3,(H2,16,18,22)/b17-9-/t13-/m0/s1. The van der Waals surface area contributed by atoms with Crippen LogP contribution in [-0.2, 0) is 9.47 Å². The van der Waals surface area contributed by atoms with Crippen LogP contribution in [0.5, 0.6) is 0 Å². The van der Waals surface area contributed by atoms with E-state index in [9.17, 15) is 4.79 Å². The number of carbonyl (C=O) groups is 1. The van der Waals surface area contributed by atoms with Gasteiger partial charge in [-0.3, -0.25) is 5.43 Å². The SMILES string of the molecule is COC(=O)c1ccc(/C=N\NC(=S)NC[C@@H]2CCCO2)cc1. The minimum Gasteiger partial charge on any atom is -0.465 e. The van der Waals surface area contributed by atoms with Crippen LogP contribution in [0.2, 0.25) is 0 Å². The first-order chi connectivity index (χ1) is 10.7. The van der Waals surface area contributed by atoms with Crippen molar-refractivity contribution < 1.29 is 14.3 Å². The molecule has 0 amide bonds. The molecule has 1 saturated heterocycles. The Hall–Kier alpha value is -1.99. The highest BCUT2D eigenvalue weighted by molar-refractivity contribution is 7.80.